The number of rotatable bonds is 9. The topological polar surface area (TPSA) is 25.2 Å². The Balaban J connectivity index is 1.11. The van der Waals surface area contributed by atoms with Crippen LogP contribution in [0.25, 0.3) is 5.57 Å². The van der Waals surface area contributed by atoms with Gasteiger partial charge in [-0.3, -0.25) is 9.98 Å². The van der Waals surface area contributed by atoms with Gasteiger partial charge in [0.2, 0.25) is 0 Å². The molecule has 0 N–H and O–H groups in total. The maximum atomic E-state index is 6.79. The first-order valence-corrected chi connectivity index (χ1v) is 16.2. The zero-order valence-corrected chi connectivity index (χ0v) is 25.4. The van der Waals surface area contributed by atoms with Crippen molar-refractivity contribution in [2.45, 2.75) is 84.0 Å². The van der Waals surface area contributed by atoms with Crippen molar-refractivity contribution < 1.29 is 0 Å². The van der Waals surface area contributed by atoms with Crippen LogP contribution in [-0.4, -0.2) is 17.2 Å². The fraction of sp³-hybridized carbons (Fsp3) is 0.421. The Bertz CT molecular complexity index is 1580. The van der Waals surface area contributed by atoms with Crippen LogP contribution < -0.4 is 0 Å². The van der Waals surface area contributed by atoms with Gasteiger partial charge in [0.1, 0.15) is 0 Å². The Morgan fingerprint density at radius 2 is 1.85 bits per heavy atom. The number of nitrogens with zero attached hydrogens (tertiary/aromatic N) is 2. The maximum absolute atomic E-state index is 6.79. The van der Waals surface area contributed by atoms with Crippen LogP contribution in [0.1, 0.15) is 103 Å². The summed E-state index contributed by atoms with van der Waals surface area (Å²) in [6.07, 6.45) is 11.5. The molecular weight excluding hydrogens is 520 g/mol. The summed E-state index contributed by atoms with van der Waals surface area (Å²) < 4.78 is 0. The zero-order chi connectivity index (χ0) is 28.1. The second-order valence-electron chi connectivity index (χ2n) is 12.9. The van der Waals surface area contributed by atoms with Crippen LogP contribution in [0.5, 0.6) is 0 Å². The van der Waals surface area contributed by atoms with Crippen molar-refractivity contribution >= 4 is 22.9 Å². The summed E-state index contributed by atoms with van der Waals surface area (Å²) in [5, 5.41) is 0.839. The number of benzene rings is 2. The Morgan fingerprint density at radius 1 is 1.00 bits per heavy atom. The summed E-state index contributed by atoms with van der Waals surface area (Å²) in [6.45, 7) is 9.38. The van der Waals surface area contributed by atoms with Gasteiger partial charge < -0.3 is 0 Å². The molecule has 41 heavy (non-hydrogen) atoms. The first-order valence-electron chi connectivity index (χ1n) is 15.8. The third kappa shape index (κ3) is 5.37. The lowest BCUT2D eigenvalue weighted by atomic mass is 9.87. The summed E-state index contributed by atoms with van der Waals surface area (Å²) in [5.74, 6) is 2.14. The highest BCUT2D eigenvalue weighted by Gasteiger charge is 2.36. The number of halogens is 1. The van der Waals surface area contributed by atoms with Gasteiger partial charge in [-0.1, -0.05) is 67.1 Å². The molecule has 2 saturated carbocycles. The molecule has 3 aliphatic carbocycles. The number of allylic oxidation sites excluding steroid dienone is 2. The van der Waals surface area contributed by atoms with E-state index in [9.17, 15) is 0 Å². The van der Waals surface area contributed by atoms with E-state index in [1.807, 2.05) is 6.07 Å². The van der Waals surface area contributed by atoms with Gasteiger partial charge in [-0.2, -0.15) is 0 Å². The van der Waals surface area contributed by atoms with Crippen LogP contribution >= 0.6 is 11.6 Å². The van der Waals surface area contributed by atoms with Gasteiger partial charge in [0.15, 0.2) is 0 Å². The van der Waals surface area contributed by atoms with E-state index in [4.69, 9.17) is 21.6 Å². The number of fused-ring (bicyclic) bond motifs is 2. The molecule has 1 unspecified atom stereocenters. The molecule has 2 nitrogen and oxygen atoms in total. The van der Waals surface area contributed by atoms with E-state index >= 15 is 0 Å². The van der Waals surface area contributed by atoms with Crippen LogP contribution in [0, 0.1) is 11.8 Å². The minimum Gasteiger partial charge on any atom is -0.280 e. The molecule has 4 aliphatic rings. The van der Waals surface area contributed by atoms with Crippen molar-refractivity contribution in [1.82, 2.24) is 4.98 Å². The minimum atomic E-state index is 0.597. The monoisotopic (exact) mass is 560 g/mol. The smallest absolute Gasteiger partial charge is 0.0700 e. The van der Waals surface area contributed by atoms with Crippen molar-refractivity contribution in [1.29, 1.82) is 0 Å². The molecule has 1 aromatic heterocycles. The number of aromatic nitrogens is 1. The normalized spacial score (nSPS) is 20.0. The molecule has 0 bridgehead atoms. The molecule has 3 aromatic rings. The molecule has 0 spiro atoms. The highest BCUT2D eigenvalue weighted by Crippen LogP contribution is 2.47. The van der Waals surface area contributed by atoms with Crippen LogP contribution in [-0.2, 0) is 25.7 Å². The fourth-order valence-electron chi connectivity index (χ4n) is 7.28. The predicted octanol–water partition coefficient (Wildman–Crippen LogP) is 9.50. The van der Waals surface area contributed by atoms with E-state index in [0.29, 0.717) is 5.92 Å². The van der Waals surface area contributed by atoms with Gasteiger partial charge >= 0.3 is 0 Å². The van der Waals surface area contributed by atoms with Crippen LogP contribution in [0.2, 0.25) is 5.02 Å². The van der Waals surface area contributed by atoms with E-state index in [0.717, 1.165) is 67.5 Å². The van der Waals surface area contributed by atoms with Crippen molar-refractivity contribution in [2.24, 2.45) is 16.8 Å². The van der Waals surface area contributed by atoms with Gasteiger partial charge in [-0.25, -0.2) is 0 Å². The number of hydrogen-bond donors (Lipinski definition) is 0. The van der Waals surface area contributed by atoms with Crippen molar-refractivity contribution in [3.63, 3.8) is 0 Å². The lowest BCUT2D eigenvalue weighted by Gasteiger charge is -2.18. The van der Waals surface area contributed by atoms with Crippen molar-refractivity contribution in [2.75, 3.05) is 6.54 Å². The highest BCUT2D eigenvalue weighted by molar-refractivity contribution is 6.36. The molecule has 2 aromatic carbocycles. The molecular formula is C38H41ClN2. The Labute approximate surface area is 250 Å². The van der Waals surface area contributed by atoms with Gasteiger partial charge in [-0.05, 0) is 140 Å². The maximum Gasteiger partial charge on any atom is 0.0700 e. The highest BCUT2D eigenvalue weighted by atomic mass is 35.5. The molecule has 0 radical (unpaired) electrons. The van der Waals surface area contributed by atoms with Gasteiger partial charge in [-0.15, -0.1) is 0 Å². The van der Waals surface area contributed by atoms with E-state index in [2.05, 4.69) is 62.9 Å². The quantitative estimate of drug-likeness (QED) is 0.256. The van der Waals surface area contributed by atoms with E-state index in [1.165, 1.54) is 76.2 Å². The van der Waals surface area contributed by atoms with Gasteiger partial charge in [0.25, 0.3) is 0 Å². The molecule has 7 rings (SSSR count). The molecule has 0 saturated heterocycles. The second-order valence-corrected chi connectivity index (χ2v) is 13.3. The van der Waals surface area contributed by atoms with Crippen LogP contribution in [0.4, 0.5) is 0 Å². The Hall–Kier alpha value is -2.97. The van der Waals surface area contributed by atoms with E-state index < -0.39 is 0 Å². The molecule has 2 fully saturated rings. The molecule has 3 heteroatoms. The van der Waals surface area contributed by atoms with Gasteiger partial charge in [0, 0.05) is 17.0 Å². The third-order valence-electron chi connectivity index (χ3n) is 9.88. The number of hydrogen-bond acceptors (Lipinski definition) is 2. The fourth-order valence-corrected chi connectivity index (χ4v) is 7.56. The third-order valence-corrected chi connectivity index (χ3v) is 10.2. The zero-order valence-electron chi connectivity index (χ0n) is 24.6. The van der Waals surface area contributed by atoms with Crippen LogP contribution in [0.15, 0.2) is 71.2 Å². The van der Waals surface area contributed by atoms with Gasteiger partial charge in [0.05, 0.1) is 17.3 Å². The van der Waals surface area contributed by atoms with E-state index in [1.54, 1.807) is 11.1 Å². The minimum absolute atomic E-state index is 0.597. The second kappa shape index (κ2) is 11.0. The Morgan fingerprint density at radius 3 is 2.61 bits per heavy atom. The SMILES string of the molecule is C=C(C)c1ccc2c(c1)Cc1ccc(CCCC3=C(C4CC4)CN=C3c3c(Cl)cccc3CC)nc1CC2C1CC1. The summed E-state index contributed by atoms with van der Waals surface area (Å²) in [7, 11) is 0. The molecule has 1 atom stereocenters. The first-order chi connectivity index (χ1) is 20.0. The molecule has 210 valence electrons. The van der Waals surface area contributed by atoms with Crippen molar-refractivity contribution in [3.05, 3.63) is 116 Å². The molecule has 0 amide bonds. The summed E-state index contributed by atoms with van der Waals surface area (Å²) in [4.78, 5) is 10.4. The molecule has 2 heterocycles. The van der Waals surface area contributed by atoms with Crippen LogP contribution in [0.3, 0.4) is 0 Å². The first kappa shape index (κ1) is 26.9. The van der Waals surface area contributed by atoms with E-state index in [-0.39, 0.29) is 0 Å². The van der Waals surface area contributed by atoms with Crippen molar-refractivity contribution in [3.8, 4) is 0 Å². The largest absolute Gasteiger partial charge is 0.280 e. The average molecular weight is 561 g/mol. The predicted molar refractivity (Wildman–Crippen MR) is 172 cm³/mol. The number of aliphatic imine (C=N–C) groups is 1. The average Bonchev–Trinajstić information content (AvgIpc) is 3.90. The summed E-state index contributed by atoms with van der Waals surface area (Å²) >= 11 is 6.79. The number of pyridine rings is 1. The standard InChI is InChI=1S/C38H41ClN2/c1-4-24-7-5-10-35(39)37(24)38-32(34(22-40-38)26-13-14-26)9-6-8-30-17-15-28-20-29-19-27(23(2)3)16-18-31(29)33(25-11-12-25)21-36(28)41-30/h5,7,10,15-19,25-26,33H,2,4,6,8-9,11-14,20-22H2,1,3H3. The lowest BCUT2D eigenvalue weighted by molar-refractivity contribution is 0.593. The lowest BCUT2D eigenvalue weighted by Crippen LogP contribution is -2.09. The Kier molecular flexibility index (Phi) is 7.23. The summed E-state index contributed by atoms with van der Waals surface area (Å²) in [6, 6.07) is 18.0. The number of aryl methyl sites for hydroxylation is 2. The molecule has 1 aliphatic heterocycles. The summed E-state index contributed by atoms with van der Waals surface area (Å²) in [5.41, 5.74) is 16.1.